The molecule has 1 fully saturated rings. The first-order valence-corrected chi connectivity index (χ1v) is 12.3. The maximum absolute atomic E-state index is 13.4. The first kappa shape index (κ1) is 24.9. The van der Waals surface area contributed by atoms with Crippen LogP contribution in [-0.4, -0.2) is 63.8 Å². The van der Waals surface area contributed by atoms with Crippen molar-refractivity contribution in [3.8, 4) is 0 Å². The van der Waals surface area contributed by atoms with E-state index in [9.17, 15) is 9.59 Å². The number of carbonyl (C=O) groups is 2. The third-order valence-electron chi connectivity index (χ3n) is 6.60. The fourth-order valence-electron chi connectivity index (χ4n) is 4.25. The van der Waals surface area contributed by atoms with Crippen LogP contribution >= 0.6 is 11.6 Å². The van der Waals surface area contributed by atoms with E-state index in [-0.39, 0.29) is 17.7 Å². The Bertz CT molecular complexity index is 1190. The lowest BCUT2D eigenvalue weighted by atomic mass is 9.97. The number of nitrogens with two attached hydrogens (primary N) is 1. The molecule has 1 saturated heterocycles. The van der Waals surface area contributed by atoms with Gasteiger partial charge in [0.1, 0.15) is 17.7 Å². The second kappa shape index (κ2) is 11.0. The Morgan fingerprint density at radius 1 is 1.06 bits per heavy atom. The van der Waals surface area contributed by atoms with Gasteiger partial charge in [-0.15, -0.1) is 0 Å². The number of halogens is 1. The Morgan fingerprint density at radius 3 is 2.43 bits per heavy atom. The van der Waals surface area contributed by atoms with Crippen LogP contribution in [0.25, 0.3) is 10.9 Å². The lowest BCUT2D eigenvalue weighted by molar-refractivity contribution is -0.136. The number of aromatic nitrogens is 2. The van der Waals surface area contributed by atoms with Gasteiger partial charge in [-0.25, -0.2) is 9.97 Å². The molecule has 2 heterocycles. The van der Waals surface area contributed by atoms with Gasteiger partial charge >= 0.3 is 0 Å². The summed E-state index contributed by atoms with van der Waals surface area (Å²) in [6.07, 6.45) is 0.776. The highest BCUT2D eigenvalue weighted by Crippen LogP contribution is 2.19. The van der Waals surface area contributed by atoms with Crippen molar-refractivity contribution in [1.29, 1.82) is 0 Å². The molecule has 9 heteroatoms. The first-order chi connectivity index (χ1) is 16.9. The van der Waals surface area contributed by atoms with E-state index in [1.165, 1.54) is 0 Å². The summed E-state index contributed by atoms with van der Waals surface area (Å²) < 4.78 is 0. The Hall–Kier alpha value is -3.23. The molecular weight excluding hydrogens is 464 g/mol. The van der Waals surface area contributed by atoms with E-state index >= 15 is 0 Å². The van der Waals surface area contributed by atoms with Crippen molar-refractivity contribution in [3.05, 3.63) is 64.9 Å². The molecule has 1 aliphatic heterocycles. The minimum absolute atomic E-state index is 0.00533. The van der Waals surface area contributed by atoms with Crippen molar-refractivity contribution in [3.63, 3.8) is 0 Å². The maximum Gasteiger partial charge on any atom is 0.251 e. The van der Waals surface area contributed by atoms with Crippen molar-refractivity contribution < 1.29 is 9.59 Å². The maximum atomic E-state index is 13.4. The van der Waals surface area contributed by atoms with E-state index in [1.807, 2.05) is 43.0 Å². The number of amides is 2. The number of rotatable bonds is 7. The van der Waals surface area contributed by atoms with E-state index < -0.39 is 6.04 Å². The van der Waals surface area contributed by atoms with Gasteiger partial charge in [-0.05, 0) is 42.3 Å². The van der Waals surface area contributed by atoms with Gasteiger partial charge in [0, 0.05) is 42.2 Å². The van der Waals surface area contributed by atoms with E-state index in [4.69, 9.17) is 17.3 Å². The summed E-state index contributed by atoms with van der Waals surface area (Å²) >= 11 is 5.93. The molecule has 0 aliphatic carbocycles. The largest absolute Gasteiger partial charge is 0.383 e. The van der Waals surface area contributed by atoms with Crippen LogP contribution in [0, 0.1) is 5.92 Å². The summed E-state index contributed by atoms with van der Waals surface area (Å²) in [5.41, 5.74) is 7.44. The lowest BCUT2D eigenvalue weighted by Gasteiger charge is -2.37. The molecule has 1 aromatic heterocycles. The number of nitrogens with zero attached hydrogens (tertiary/aromatic N) is 4. The number of nitrogens with one attached hydrogen (secondary N) is 1. The summed E-state index contributed by atoms with van der Waals surface area (Å²) in [5, 5.41) is 4.37. The molecule has 2 unspecified atom stereocenters. The van der Waals surface area contributed by atoms with Crippen molar-refractivity contribution in [2.24, 2.45) is 5.92 Å². The molecule has 3 N–H and O–H groups in total. The van der Waals surface area contributed by atoms with Crippen molar-refractivity contribution >= 4 is 40.1 Å². The first-order valence-electron chi connectivity index (χ1n) is 11.9. The standard InChI is InChI=1S/C26H31ClN6O2/c1-3-17(2)23(31-25(34)18-8-10-19(27)11-9-18)26(35)33-14-12-32(13-15-33)16-22-29-21-7-5-4-6-20(21)24(28)30-22/h4-11,17,23H,3,12-16H2,1-2H3,(H,31,34)(H2,28,29,30). The number of benzene rings is 2. The van der Waals surface area contributed by atoms with Gasteiger partial charge in [0.25, 0.3) is 5.91 Å². The van der Waals surface area contributed by atoms with Crippen LogP contribution in [0.5, 0.6) is 0 Å². The van der Waals surface area contributed by atoms with Crippen LogP contribution in [-0.2, 0) is 11.3 Å². The van der Waals surface area contributed by atoms with Gasteiger partial charge in [-0.3, -0.25) is 14.5 Å². The molecule has 35 heavy (non-hydrogen) atoms. The van der Waals surface area contributed by atoms with Crippen molar-refractivity contribution in [2.75, 3.05) is 31.9 Å². The normalized spacial score (nSPS) is 16.1. The fraction of sp³-hybridized carbons (Fsp3) is 0.385. The van der Waals surface area contributed by atoms with E-state index in [2.05, 4.69) is 20.2 Å². The number of carbonyl (C=O) groups excluding carboxylic acids is 2. The Labute approximate surface area is 210 Å². The molecule has 3 aromatic rings. The molecular formula is C26H31ClN6O2. The zero-order valence-electron chi connectivity index (χ0n) is 20.1. The predicted molar refractivity (Wildman–Crippen MR) is 138 cm³/mol. The van der Waals surface area contributed by atoms with Gasteiger partial charge in [0.05, 0.1) is 12.1 Å². The van der Waals surface area contributed by atoms with Gasteiger partial charge in [-0.2, -0.15) is 0 Å². The number of anilines is 1. The molecule has 8 nitrogen and oxygen atoms in total. The molecule has 1 aliphatic rings. The molecule has 0 radical (unpaired) electrons. The van der Waals surface area contributed by atoms with Crippen molar-refractivity contribution in [1.82, 2.24) is 25.1 Å². The van der Waals surface area contributed by atoms with E-state index in [0.29, 0.717) is 55.0 Å². The van der Waals surface area contributed by atoms with Crippen LogP contribution in [0.2, 0.25) is 5.02 Å². The van der Waals surface area contributed by atoms with Crippen LogP contribution in [0.1, 0.15) is 36.5 Å². The molecule has 0 saturated carbocycles. The summed E-state index contributed by atoms with van der Waals surface area (Å²) in [5.74, 6) is 0.837. The number of hydrogen-bond donors (Lipinski definition) is 2. The second-order valence-electron chi connectivity index (χ2n) is 8.99. The van der Waals surface area contributed by atoms with Gasteiger partial charge < -0.3 is 16.0 Å². The molecule has 4 rings (SSSR count). The van der Waals surface area contributed by atoms with Crippen LogP contribution < -0.4 is 11.1 Å². The summed E-state index contributed by atoms with van der Waals surface area (Å²) in [7, 11) is 0. The Balaban J connectivity index is 1.38. The average Bonchev–Trinajstić information content (AvgIpc) is 2.87. The highest BCUT2D eigenvalue weighted by molar-refractivity contribution is 6.30. The minimum atomic E-state index is -0.585. The highest BCUT2D eigenvalue weighted by Gasteiger charge is 2.32. The third kappa shape index (κ3) is 5.89. The molecule has 184 valence electrons. The SMILES string of the molecule is CCC(C)C(NC(=O)c1ccc(Cl)cc1)C(=O)N1CCN(Cc2nc(N)c3ccccc3n2)CC1. The monoisotopic (exact) mass is 494 g/mol. The fourth-order valence-corrected chi connectivity index (χ4v) is 4.38. The van der Waals surface area contributed by atoms with Crippen LogP contribution in [0.3, 0.4) is 0 Å². The zero-order chi connectivity index (χ0) is 24.9. The summed E-state index contributed by atoms with van der Waals surface area (Å²) in [6, 6.07) is 13.8. The van der Waals surface area contributed by atoms with Gasteiger partial charge in [-0.1, -0.05) is 44.0 Å². The number of piperazine rings is 1. The minimum Gasteiger partial charge on any atom is -0.383 e. The van der Waals surface area contributed by atoms with E-state index in [1.54, 1.807) is 24.3 Å². The molecule has 0 bridgehead atoms. The lowest BCUT2D eigenvalue weighted by Crippen LogP contribution is -2.56. The predicted octanol–water partition coefficient (Wildman–Crippen LogP) is 3.35. The van der Waals surface area contributed by atoms with Gasteiger partial charge in [0.15, 0.2) is 0 Å². The molecule has 0 spiro atoms. The Morgan fingerprint density at radius 2 is 1.74 bits per heavy atom. The number of nitrogen functional groups attached to an aromatic ring is 1. The topological polar surface area (TPSA) is 104 Å². The zero-order valence-corrected chi connectivity index (χ0v) is 20.8. The molecule has 2 atom stereocenters. The highest BCUT2D eigenvalue weighted by atomic mass is 35.5. The smallest absolute Gasteiger partial charge is 0.251 e. The second-order valence-corrected chi connectivity index (χ2v) is 9.42. The summed E-state index contributed by atoms with van der Waals surface area (Å²) in [6.45, 7) is 7.12. The van der Waals surface area contributed by atoms with Crippen LogP contribution in [0.15, 0.2) is 48.5 Å². The average molecular weight is 495 g/mol. The molecule has 2 aromatic carbocycles. The quantitative estimate of drug-likeness (QED) is 0.522. The number of fused-ring (bicyclic) bond motifs is 1. The number of hydrogen-bond acceptors (Lipinski definition) is 6. The van der Waals surface area contributed by atoms with Crippen LogP contribution in [0.4, 0.5) is 5.82 Å². The molecule has 2 amide bonds. The number of para-hydroxylation sites is 1. The van der Waals surface area contributed by atoms with Crippen molar-refractivity contribution in [2.45, 2.75) is 32.9 Å². The summed E-state index contributed by atoms with van der Waals surface area (Å²) in [4.78, 5) is 39.4. The third-order valence-corrected chi connectivity index (χ3v) is 6.85. The van der Waals surface area contributed by atoms with Gasteiger partial charge in [0.2, 0.25) is 5.91 Å². The Kier molecular flexibility index (Phi) is 7.83. The van der Waals surface area contributed by atoms with E-state index in [0.717, 1.165) is 17.3 Å².